The summed E-state index contributed by atoms with van der Waals surface area (Å²) < 4.78 is 109. The highest BCUT2D eigenvalue weighted by Gasteiger charge is 2.34. The predicted molar refractivity (Wildman–Crippen MR) is 143 cm³/mol. The average molecular weight is 639 g/mol. The van der Waals surface area contributed by atoms with Crippen molar-refractivity contribution >= 4 is 22.6 Å². The van der Waals surface area contributed by atoms with Gasteiger partial charge in [-0.2, -0.15) is 26.3 Å². The number of aromatic amines is 1. The summed E-state index contributed by atoms with van der Waals surface area (Å²) >= 11 is 0. The van der Waals surface area contributed by atoms with Crippen molar-refractivity contribution in [1.82, 2.24) is 29.3 Å². The molecule has 0 saturated heterocycles. The molecular formula is C27H20F7N7O4. The van der Waals surface area contributed by atoms with Gasteiger partial charge in [0, 0.05) is 18.8 Å². The Morgan fingerprint density at radius 1 is 1.02 bits per heavy atom. The van der Waals surface area contributed by atoms with Crippen LogP contribution in [0.2, 0.25) is 0 Å². The van der Waals surface area contributed by atoms with E-state index in [1.54, 1.807) is 0 Å². The molecular weight excluding hydrogens is 619 g/mol. The maximum atomic E-state index is 15.3. The number of hydrogen-bond donors (Lipinski definition) is 2. The van der Waals surface area contributed by atoms with Crippen LogP contribution in [0.15, 0.2) is 53.8 Å². The summed E-state index contributed by atoms with van der Waals surface area (Å²) in [5.41, 5.74) is -4.47. The van der Waals surface area contributed by atoms with Gasteiger partial charge in [-0.25, -0.2) is 9.18 Å². The summed E-state index contributed by atoms with van der Waals surface area (Å²) in [4.78, 5) is 32.1. The van der Waals surface area contributed by atoms with Crippen molar-refractivity contribution < 1.29 is 45.0 Å². The first kappa shape index (κ1) is 31.0. The van der Waals surface area contributed by atoms with E-state index in [0.717, 1.165) is 16.8 Å². The third kappa shape index (κ3) is 6.29. The molecule has 5 rings (SSSR count). The van der Waals surface area contributed by atoms with Crippen LogP contribution in [-0.2, 0) is 37.3 Å². The van der Waals surface area contributed by atoms with E-state index in [2.05, 4.69) is 25.5 Å². The summed E-state index contributed by atoms with van der Waals surface area (Å²) in [5, 5.41) is 9.45. The average Bonchev–Trinajstić information content (AvgIpc) is 3.58. The maximum Gasteiger partial charge on any atom is 0.417 e. The maximum absolute atomic E-state index is 15.3. The molecule has 3 aromatic heterocycles. The normalized spacial score (nSPS) is 12.0. The van der Waals surface area contributed by atoms with Crippen molar-refractivity contribution in [2.45, 2.75) is 25.5 Å². The Labute approximate surface area is 247 Å². The van der Waals surface area contributed by atoms with Crippen LogP contribution in [0.3, 0.4) is 0 Å². The number of methoxy groups -OCH3 is 1. The number of alkyl halides is 6. The molecule has 3 heterocycles. The number of anilines is 1. The highest BCUT2D eigenvalue weighted by atomic mass is 19.4. The minimum Gasteiger partial charge on any atom is -0.493 e. The molecule has 11 nitrogen and oxygen atoms in total. The van der Waals surface area contributed by atoms with Crippen molar-refractivity contribution in [3.05, 3.63) is 82.3 Å². The Balaban J connectivity index is 1.58. The predicted octanol–water partition coefficient (Wildman–Crippen LogP) is 4.92. The molecule has 1 amide bonds. The van der Waals surface area contributed by atoms with Crippen LogP contribution in [0.5, 0.6) is 11.5 Å². The molecule has 5 aromatic rings. The van der Waals surface area contributed by atoms with Crippen LogP contribution >= 0.6 is 0 Å². The van der Waals surface area contributed by atoms with Gasteiger partial charge >= 0.3 is 18.0 Å². The van der Waals surface area contributed by atoms with Crippen LogP contribution in [0.1, 0.15) is 17.0 Å². The summed E-state index contributed by atoms with van der Waals surface area (Å²) in [5.74, 6) is -2.33. The van der Waals surface area contributed by atoms with Crippen LogP contribution in [0, 0.1) is 5.82 Å². The number of carbonyl (C=O) groups is 1. The number of halogens is 7. The molecule has 2 N–H and O–H groups in total. The molecule has 0 fully saturated rings. The number of hydrogen-bond acceptors (Lipinski definition) is 7. The second kappa shape index (κ2) is 11.6. The van der Waals surface area contributed by atoms with E-state index in [-0.39, 0.29) is 51.8 Å². The number of carbonyl (C=O) groups excluding carboxylic acids is 1. The number of aryl methyl sites for hydroxylation is 1. The molecule has 45 heavy (non-hydrogen) atoms. The number of pyridine rings is 1. The number of ether oxygens (including phenoxy) is 2. The summed E-state index contributed by atoms with van der Waals surface area (Å²) in [6.45, 7) is -1.12. The first-order chi connectivity index (χ1) is 21.2. The zero-order valence-electron chi connectivity index (χ0n) is 23.0. The number of benzene rings is 2. The second-order valence-electron chi connectivity index (χ2n) is 9.54. The lowest BCUT2D eigenvalue weighted by Gasteiger charge is -2.15. The molecule has 236 valence electrons. The zero-order valence-corrected chi connectivity index (χ0v) is 23.0. The van der Waals surface area contributed by atoms with E-state index in [1.807, 2.05) is 0 Å². The quantitative estimate of drug-likeness (QED) is 0.231. The smallest absolute Gasteiger partial charge is 0.417 e. The van der Waals surface area contributed by atoms with Crippen LogP contribution in [0.4, 0.5) is 36.4 Å². The highest BCUT2D eigenvalue weighted by Crippen LogP contribution is 2.41. The van der Waals surface area contributed by atoms with Gasteiger partial charge in [0.25, 0.3) is 0 Å². The Bertz CT molecular complexity index is 1950. The molecule has 0 atom stereocenters. The third-order valence-electron chi connectivity index (χ3n) is 6.57. The monoisotopic (exact) mass is 639 g/mol. The van der Waals surface area contributed by atoms with E-state index in [0.29, 0.717) is 29.0 Å². The van der Waals surface area contributed by atoms with Crippen molar-refractivity contribution in [3.63, 3.8) is 0 Å². The summed E-state index contributed by atoms with van der Waals surface area (Å²) in [6.07, 6.45) is -6.95. The number of nitrogens with one attached hydrogen (secondary N) is 2. The van der Waals surface area contributed by atoms with Crippen molar-refractivity contribution in [1.29, 1.82) is 0 Å². The van der Waals surface area contributed by atoms with E-state index in [1.165, 1.54) is 26.6 Å². The van der Waals surface area contributed by atoms with Gasteiger partial charge in [-0.3, -0.25) is 18.9 Å². The fourth-order valence-corrected chi connectivity index (χ4v) is 4.56. The SMILES string of the molecule is COc1cc(-c2cc(C(F)(F)F)cc3c2n(C)c(=O)n3CC(=O)Nc2cncc(C(F)(F)F)c2)cc(F)c1OCc1nnc[nH]1. The number of fused-ring (bicyclic) bond motifs is 1. The standard InChI is InChI=1S/C27H20F7N7O4/c1-40-23-17(13-3-18(28)24(20(4-13)44-2)45-11-21-36-12-37-39-21)6-14(26(29,30)31)7-19(23)41(25(40)43)10-22(42)38-16-5-15(8-35-9-16)27(32,33)34/h3-9,12H,10-11H2,1-2H3,(H,38,42)(H,36,37,39). The van der Waals surface area contributed by atoms with Gasteiger partial charge in [-0.05, 0) is 35.9 Å². The van der Waals surface area contributed by atoms with Gasteiger partial charge in [0.05, 0.1) is 41.2 Å². The fraction of sp³-hybridized carbons (Fsp3) is 0.222. The molecule has 18 heteroatoms. The fourth-order valence-electron chi connectivity index (χ4n) is 4.56. The Morgan fingerprint density at radius 3 is 2.40 bits per heavy atom. The Morgan fingerprint density at radius 2 is 1.76 bits per heavy atom. The van der Waals surface area contributed by atoms with Crippen molar-refractivity contribution in [2.24, 2.45) is 7.05 Å². The molecule has 2 aromatic carbocycles. The summed E-state index contributed by atoms with van der Waals surface area (Å²) in [7, 11) is 2.42. The van der Waals surface area contributed by atoms with Gasteiger partial charge in [0.1, 0.15) is 19.5 Å². The number of imidazole rings is 1. The van der Waals surface area contributed by atoms with Gasteiger partial charge < -0.3 is 19.8 Å². The number of H-pyrrole nitrogens is 1. The molecule has 0 radical (unpaired) electrons. The topological polar surface area (TPSA) is 129 Å². The Kier molecular flexibility index (Phi) is 7.99. The van der Waals surface area contributed by atoms with Gasteiger partial charge in [-0.1, -0.05) is 0 Å². The van der Waals surface area contributed by atoms with Crippen LogP contribution in [-0.4, -0.2) is 42.3 Å². The van der Waals surface area contributed by atoms with E-state index < -0.39 is 47.4 Å². The molecule has 0 bridgehead atoms. The third-order valence-corrected chi connectivity index (χ3v) is 6.57. The number of aromatic nitrogens is 6. The van der Waals surface area contributed by atoms with E-state index >= 15 is 4.39 Å². The number of nitrogens with zero attached hydrogens (tertiary/aromatic N) is 5. The van der Waals surface area contributed by atoms with Crippen LogP contribution < -0.4 is 20.5 Å². The second-order valence-corrected chi connectivity index (χ2v) is 9.54. The first-order valence-electron chi connectivity index (χ1n) is 12.7. The lowest BCUT2D eigenvalue weighted by Crippen LogP contribution is -2.28. The molecule has 0 saturated carbocycles. The van der Waals surface area contributed by atoms with E-state index in [4.69, 9.17) is 9.47 Å². The highest BCUT2D eigenvalue weighted by molar-refractivity contribution is 5.96. The lowest BCUT2D eigenvalue weighted by atomic mass is 9.99. The number of amides is 1. The molecule has 0 unspecified atom stereocenters. The number of rotatable bonds is 8. The Hall–Kier alpha value is -5.42. The van der Waals surface area contributed by atoms with Crippen LogP contribution in [0.25, 0.3) is 22.2 Å². The largest absolute Gasteiger partial charge is 0.493 e. The summed E-state index contributed by atoms with van der Waals surface area (Å²) in [6, 6.07) is 4.06. The van der Waals surface area contributed by atoms with Gasteiger partial charge in [0.15, 0.2) is 23.1 Å². The zero-order chi connectivity index (χ0) is 32.7. The molecule has 0 aliphatic rings. The van der Waals surface area contributed by atoms with Crippen molar-refractivity contribution in [2.75, 3.05) is 12.4 Å². The van der Waals surface area contributed by atoms with Crippen molar-refractivity contribution in [3.8, 4) is 22.6 Å². The molecule has 0 aliphatic heterocycles. The minimum atomic E-state index is -4.94. The molecule has 0 aliphatic carbocycles. The lowest BCUT2D eigenvalue weighted by molar-refractivity contribution is -0.138. The van der Waals surface area contributed by atoms with Gasteiger partial charge in [0.2, 0.25) is 5.91 Å². The van der Waals surface area contributed by atoms with Gasteiger partial charge in [-0.15, -0.1) is 10.2 Å². The minimum absolute atomic E-state index is 0.0988. The van der Waals surface area contributed by atoms with E-state index in [9.17, 15) is 35.9 Å². The molecule has 0 spiro atoms. The first-order valence-corrected chi connectivity index (χ1v) is 12.7.